The molecule has 2 N–H and O–H groups in total. The number of carbonyl (C=O) groups excluding carboxylic acids is 2. The fourth-order valence-corrected chi connectivity index (χ4v) is 4.68. The highest BCUT2D eigenvalue weighted by Crippen LogP contribution is 2.43. The van der Waals surface area contributed by atoms with Crippen LogP contribution >= 0.6 is 11.6 Å². The molecule has 0 bridgehead atoms. The molecule has 0 saturated carbocycles. The van der Waals surface area contributed by atoms with Crippen LogP contribution in [0, 0.1) is 0 Å². The Morgan fingerprint density at radius 3 is 2.30 bits per heavy atom. The summed E-state index contributed by atoms with van der Waals surface area (Å²) in [5.74, 6) is -2.14. The van der Waals surface area contributed by atoms with Gasteiger partial charge >= 0.3 is 19.0 Å². The van der Waals surface area contributed by atoms with Crippen molar-refractivity contribution in [3.8, 4) is 0 Å². The number of methoxy groups -OCH3 is 1. The van der Waals surface area contributed by atoms with Gasteiger partial charge in [-0.05, 0) is 49.5 Å². The fourth-order valence-electron chi connectivity index (χ4n) is 4.48. The Kier molecular flexibility index (Phi) is 9.94. The molecule has 0 amide bonds. The Labute approximate surface area is 222 Å². The van der Waals surface area contributed by atoms with Crippen molar-refractivity contribution in [2.75, 3.05) is 20.3 Å². The molecular formula is C27H31BClNO7. The molecule has 10 heteroatoms. The molecule has 0 aliphatic carbocycles. The van der Waals surface area contributed by atoms with Gasteiger partial charge in [0, 0.05) is 16.4 Å². The van der Waals surface area contributed by atoms with Crippen molar-refractivity contribution < 1.29 is 33.9 Å². The maximum Gasteiger partial charge on any atom is 0.413 e. The number of hydrogen-bond donors (Lipinski definition) is 2. The lowest BCUT2D eigenvalue weighted by Gasteiger charge is -2.39. The molecule has 2 aromatic rings. The Bertz CT molecular complexity index is 1190. The third kappa shape index (κ3) is 6.43. The molecule has 0 saturated heterocycles. The first kappa shape index (κ1) is 28.5. The maximum atomic E-state index is 13.4. The average Bonchev–Trinajstić information content (AvgIpc) is 2.88. The molecule has 0 radical (unpaired) electrons. The summed E-state index contributed by atoms with van der Waals surface area (Å²) >= 11 is 6.28. The molecule has 1 aliphatic rings. The van der Waals surface area contributed by atoms with Gasteiger partial charge in [0.25, 0.3) is 0 Å². The van der Waals surface area contributed by atoms with Crippen LogP contribution in [0.5, 0.6) is 0 Å². The summed E-state index contributed by atoms with van der Waals surface area (Å²) < 4.78 is 16.5. The number of hydrogen-bond acceptors (Lipinski definition) is 8. The van der Waals surface area contributed by atoms with Crippen LogP contribution in [0.1, 0.15) is 36.5 Å². The van der Waals surface area contributed by atoms with E-state index in [-0.39, 0.29) is 37.6 Å². The smallest absolute Gasteiger partial charge is 0.413 e. The molecule has 1 unspecified atom stereocenters. The van der Waals surface area contributed by atoms with E-state index in [0.717, 1.165) is 11.1 Å². The van der Waals surface area contributed by atoms with Crippen molar-refractivity contribution in [1.82, 2.24) is 4.81 Å². The number of nitrogens with zero attached hydrogens (tertiary/aromatic N) is 1. The molecule has 0 aromatic heterocycles. The molecule has 0 spiro atoms. The van der Waals surface area contributed by atoms with E-state index in [2.05, 4.69) is 0 Å². The van der Waals surface area contributed by atoms with Crippen LogP contribution in [-0.2, 0) is 37.0 Å². The second-order valence-electron chi connectivity index (χ2n) is 8.53. The lowest BCUT2D eigenvalue weighted by atomic mass is 9.74. The first-order valence-corrected chi connectivity index (χ1v) is 12.3. The van der Waals surface area contributed by atoms with Gasteiger partial charge in [0.05, 0.1) is 50.6 Å². The van der Waals surface area contributed by atoms with Crippen LogP contribution in [0.3, 0.4) is 0 Å². The monoisotopic (exact) mass is 527 g/mol. The lowest BCUT2D eigenvalue weighted by molar-refractivity contribution is -0.139. The zero-order chi connectivity index (χ0) is 27.1. The number of ether oxygens (including phenoxy) is 3. The van der Waals surface area contributed by atoms with E-state index in [0.29, 0.717) is 22.0 Å². The predicted molar refractivity (Wildman–Crippen MR) is 140 cm³/mol. The Hall–Kier alpha value is -3.11. The first-order chi connectivity index (χ1) is 17.7. The summed E-state index contributed by atoms with van der Waals surface area (Å²) in [6, 6.07) is 14.2. The van der Waals surface area contributed by atoms with Gasteiger partial charge in [-0.15, -0.1) is 0 Å². The molecular weight excluding hydrogens is 497 g/mol. The van der Waals surface area contributed by atoms with Gasteiger partial charge < -0.3 is 29.2 Å². The summed E-state index contributed by atoms with van der Waals surface area (Å²) in [4.78, 5) is 28.0. The molecule has 1 atom stereocenters. The predicted octanol–water partition coefficient (Wildman–Crippen LogP) is 3.82. The zero-order valence-corrected chi connectivity index (χ0v) is 22.1. The minimum atomic E-state index is -1.09. The van der Waals surface area contributed by atoms with E-state index in [1.165, 1.54) is 18.7 Å². The highest BCUT2D eigenvalue weighted by atomic mass is 35.5. The Morgan fingerprint density at radius 2 is 1.73 bits per heavy atom. The number of carbonyl (C=O) groups is 2. The number of benzene rings is 2. The van der Waals surface area contributed by atoms with Gasteiger partial charge in [0.15, 0.2) is 0 Å². The molecule has 196 valence electrons. The lowest BCUT2D eigenvalue weighted by Crippen LogP contribution is -2.44. The highest BCUT2D eigenvalue weighted by molar-refractivity contribution is 6.46. The van der Waals surface area contributed by atoms with Crippen molar-refractivity contribution in [1.29, 1.82) is 0 Å². The van der Waals surface area contributed by atoms with E-state index in [4.69, 9.17) is 25.8 Å². The molecule has 37 heavy (non-hydrogen) atoms. The molecule has 8 nitrogen and oxygen atoms in total. The van der Waals surface area contributed by atoms with E-state index >= 15 is 0 Å². The van der Waals surface area contributed by atoms with Crippen molar-refractivity contribution in [2.24, 2.45) is 0 Å². The van der Waals surface area contributed by atoms with E-state index in [9.17, 15) is 19.7 Å². The van der Waals surface area contributed by atoms with Gasteiger partial charge in [0.2, 0.25) is 0 Å². The highest BCUT2D eigenvalue weighted by Gasteiger charge is 2.43. The van der Waals surface area contributed by atoms with Gasteiger partial charge in [-0.25, -0.2) is 9.59 Å². The van der Waals surface area contributed by atoms with E-state index in [1.54, 1.807) is 50.2 Å². The van der Waals surface area contributed by atoms with Crippen molar-refractivity contribution in [3.63, 3.8) is 0 Å². The summed E-state index contributed by atoms with van der Waals surface area (Å²) in [7, 11) is 0.172. The second-order valence-corrected chi connectivity index (χ2v) is 8.97. The Morgan fingerprint density at radius 1 is 1.05 bits per heavy atom. The number of aliphatic hydroxyl groups is 1. The minimum Gasteiger partial charge on any atom is -0.466 e. The summed E-state index contributed by atoms with van der Waals surface area (Å²) in [5.41, 5.74) is 3.38. The normalized spacial score (nSPS) is 15.6. The molecule has 2 aromatic carbocycles. The zero-order valence-electron chi connectivity index (χ0n) is 21.4. The largest absolute Gasteiger partial charge is 0.466 e. The van der Waals surface area contributed by atoms with Crippen molar-refractivity contribution in [3.05, 3.63) is 92.8 Å². The standard InChI is InChI=1S/C27H31BClNO7/c1-5-37-27(33)25-22(16-36-15-19-11-9-18(14-31)10-12-19)30(28(3)34)17(2)23(26(32)35-4)24(25)20-7-6-8-21(29)13-20/h6-13,24,31,34H,5,14-16H2,1-4H3. The molecule has 1 aliphatic heterocycles. The summed E-state index contributed by atoms with van der Waals surface area (Å²) in [6.45, 7) is 5.13. The summed E-state index contributed by atoms with van der Waals surface area (Å²) in [5, 5.41) is 20.4. The quantitative estimate of drug-likeness (QED) is 0.355. The van der Waals surface area contributed by atoms with Crippen LogP contribution in [0.2, 0.25) is 11.8 Å². The molecule has 3 rings (SSSR count). The third-order valence-electron chi connectivity index (χ3n) is 6.10. The summed E-state index contributed by atoms with van der Waals surface area (Å²) in [6.07, 6.45) is 0. The van der Waals surface area contributed by atoms with Crippen LogP contribution in [0.15, 0.2) is 71.1 Å². The van der Waals surface area contributed by atoms with Crippen LogP contribution in [0.25, 0.3) is 0 Å². The molecule has 0 fully saturated rings. The average molecular weight is 528 g/mol. The van der Waals surface area contributed by atoms with E-state index < -0.39 is 24.9 Å². The number of halogens is 1. The first-order valence-electron chi connectivity index (χ1n) is 11.9. The van der Waals surface area contributed by atoms with Gasteiger partial charge in [0.1, 0.15) is 0 Å². The number of rotatable bonds is 10. The van der Waals surface area contributed by atoms with Crippen molar-refractivity contribution >= 4 is 30.6 Å². The number of esters is 2. The second kappa shape index (κ2) is 12.9. The van der Waals surface area contributed by atoms with E-state index in [1.807, 2.05) is 12.1 Å². The minimum absolute atomic E-state index is 0.0519. The van der Waals surface area contributed by atoms with Crippen molar-refractivity contribution in [2.45, 2.75) is 39.8 Å². The fraction of sp³-hybridized carbons (Fsp3) is 0.333. The van der Waals surface area contributed by atoms with Crippen LogP contribution in [-0.4, -0.2) is 54.3 Å². The van der Waals surface area contributed by atoms with Gasteiger partial charge in [-0.1, -0.05) is 48.0 Å². The SMILES string of the molecule is CCOC(=O)C1=C(COCc2ccc(CO)cc2)N(B(C)O)C(C)=C(C(=O)OC)C1c1cccc(Cl)c1. The number of allylic oxidation sites excluding steroid dienone is 1. The number of aliphatic hydroxyl groups excluding tert-OH is 1. The van der Waals surface area contributed by atoms with Gasteiger partial charge in [-0.3, -0.25) is 0 Å². The maximum absolute atomic E-state index is 13.4. The third-order valence-corrected chi connectivity index (χ3v) is 6.33. The van der Waals surface area contributed by atoms with Crippen LogP contribution in [0.4, 0.5) is 0 Å². The van der Waals surface area contributed by atoms with Crippen LogP contribution < -0.4 is 0 Å². The Balaban J connectivity index is 2.14. The van der Waals surface area contributed by atoms with Gasteiger partial charge in [-0.2, -0.15) is 0 Å². The molecule has 1 heterocycles. The topological polar surface area (TPSA) is 106 Å².